The first-order valence-electron chi connectivity index (χ1n) is 12.8. The molecule has 9 nitrogen and oxygen atoms in total. The van der Waals surface area contributed by atoms with Crippen molar-refractivity contribution in [2.24, 2.45) is 0 Å². The second kappa shape index (κ2) is 12.1. The van der Waals surface area contributed by atoms with E-state index < -0.39 is 24.6 Å². The first kappa shape index (κ1) is 27.8. The average Bonchev–Trinajstić information content (AvgIpc) is 3.05. The largest absolute Gasteiger partial charge is 0.481 e. The van der Waals surface area contributed by atoms with Crippen molar-refractivity contribution in [3.8, 4) is 28.6 Å². The van der Waals surface area contributed by atoms with Crippen molar-refractivity contribution < 1.29 is 24.5 Å². The fourth-order valence-corrected chi connectivity index (χ4v) is 4.88. The number of benzene rings is 1. The van der Waals surface area contributed by atoms with Gasteiger partial charge >= 0.3 is 5.97 Å². The average molecular weight is 532 g/mol. The lowest BCUT2D eigenvalue weighted by molar-refractivity contribution is -0.139. The van der Waals surface area contributed by atoms with Crippen molar-refractivity contribution in [1.29, 1.82) is 5.26 Å². The smallest absolute Gasteiger partial charge is 0.305 e. The lowest BCUT2D eigenvalue weighted by Gasteiger charge is -2.22. The third-order valence-electron chi connectivity index (χ3n) is 6.58. The number of aliphatic hydroxyl groups is 2. The number of fused-ring (bicyclic) bond motifs is 3. The predicted octanol–water partition coefficient (Wildman–Crippen LogP) is 4.45. The molecule has 3 aromatic rings. The molecule has 4 rings (SSSR count). The minimum absolute atomic E-state index is 0.0314. The summed E-state index contributed by atoms with van der Waals surface area (Å²) in [5.41, 5.74) is 6.35. The van der Waals surface area contributed by atoms with Gasteiger partial charge in [-0.2, -0.15) is 5.26 Å². The monoisotopic (exact) mass is 531 g/mol. The Balaban J connectivity index is 1.91. The van der Waals surface area contributed by atoms with Crippen LogP contribution in [0.3, 0.4) is 0 Å². The van der Waals surface area contributed by atoms with Gasteiger partial charge in [0.05, 0.1) is 35.7 Å². The maximum Gasteiger partial charge on any atom is 0.305 e. The second-order valence-corrected chi connectivity index (χ2v) is 9.83. The van der Waals surface area contributed by atoms with Crippen LogP contribution in [-0.4, -0.2) is 48.4 Å². The number of carboxylic acids is 1. The van der Waals surface area contributed by atoms with Crippen LogP contribution in [0, 0.1) is 17.3 Å². The molecule has 0 spiro atoms. The Morgan fingerprint density at radius 1 is 1.21 bits per heavy atom. The molecular weight excluding hydrogens is 501 g/mol. The van der Waals surface area contributed by atoms with Gasteiger partial charge in [-0.15, -0.1) is 0 Å². The van der Waals surface area contributed by atoms with Crippen molar-refractivity contribution >= 4 is 18.0 Å². The van der Waals surface area contributed by atoms with Crippen molar-refractivity contribution in [3.05, 3.63) is 64.9 Å². The number of hydrogen-bond acceptors (Lipinski definition) is 8. The summed E-state index contributed by atoms with van der Waals surface area (Å²) in [6.07, 6.45) is 5.99. The molecule has 0 unspecified atom stereocenters. The van der Waals surface area contributed by atoms with Crippen LogP contribution in [-0.2, 0) is 17.6 Å². The van der Waals surface area contributed by atoms with Crippen molar-refractivity contribution in [3.63, 3.8) is 0 Å². The van der Waals surface area contributed by atoms with Crippen LogP contribution in [0.5, 0.6) is 0 Å². The van der Waals surface area contributed by atoms with Crippen LogP contribution in [0.15, 0.2) is 36.5 Å². The zero-order chi connectivity index (χ0) is 28.1. The Labute approximate surface area is 225 Å². The van der Waals surface area contributed by atoms with E-state index in [9.17, 15) is 19.4 Å². The first-order chi connectivity index (χ1) is 18.7. The number of aromatic nitrogens is 3. The molecule has 0 aliphatic heterocycles. The molecule has 0 radical (unpaired) electrons. The standard InChI is InChI=1S/C29H30FN5O4/c1-16(2)27-22(11-10-19(36)12-20(37)13-25(38)39)26(17-6-8-18(30)9-7-17)21-4-3-5-24-23(28(21)35-27)14-32-29(34-24)33-15-31/h6-11,14,16,19-20,36-37H,3-5,12-13H2,1-2H3,(H,38,39)(H,32,33,34)/t19-,20-/m1/s1. The van der Waals surface area contributed by atoms with Gasteiger partial charge in [-0.05, 0) is 54.0 Å². The molecule has 2 aromatic heterocycles. The lowest BCUT2D eigenvalue weighted by Crippen LogP contribution is -2.19. The number of pyridine rings is 1. The van der Waals surface area contributed by atoms with Crippen molar-refractivity contribution in [2.75, 3.05) is 5.32 Å². The third kappa shape index (κ3) is 6.45. The molecule has 4 N–H and O–H groups in total. The van der Waals surface area contributed by atoms with Gasteiger partial charge in [-0.3, -0.25) is 15.1 Å². The summed E-state index contributed by atoms with van der Waals surface area (Å²) in [7, 11) is 0. The van der Waals surface area contributed by atoms with Crippen LogP contribution in [0.2, 0.25) is 0 Å². The number of halogens is 1. The highest BCUT2D eigenvalue weighted by molar-refractivity contribution is 5.85. The van der Waals surface area contributed by atoms with Gasteiger partial charge in [-0.1, -0.05) is 38.1 Å². The SMILES string of the molecule is CC(C)c1nc2c(c(-c3ccc(F)cc3)c1C=C[C@@H](O)C[C@@H](O)CC(=O)O)CCCc1nc(NC#N)ncc1-2. The number of aliphatic carboxylic acids is 1. The zero-order valence-electron chi connectivity index (χ0n) is 21.7. The van der Waals surface area contributed by atoms with Crippen molar-refractivity contribution in [2.45, 2.75) is 64.1 Å². The molecule has 0 fully saturated rings. The zero-order valence-corrected chi connectivity index (χ0v) is 21.7. The number of aliphatic hydroxyl groups excluding tert-OH is 2. The molecule has 2 atom stereocenters. The summed E-state index contributed by atoms with van der Waals surface area (Å²) in [4.78, 5) is 24.8. The molecular formula is C29H30FN5O4. The summed E-state index contributed by atoms with van der Waals surface area (Å²) < 4.78 is 13.9. The highest BCUT2D eigenvalue weighted by Crippen LogP contribution is 2.41. The van der Waals surface area contributed by atoms with E-state index in [2.05, 4.69) is 15.3 Å². The van der Waals surface area contributed by atoms with Crippen LogP contribution in [0.25, 0.3) is 28.5 Å². The Morgan fingerprint density at radius 2 is 1.95 bits per heavy atom. The summed E-state index contributed by atoms with van der Waals surface area (Å²) >= 11 is 0. The fraction of sp³-hybridized carbons (Fsp3) is 0.345. The molecule has 1 aliphatic rings. The van der Waals surface area contributed by atoms with E-state index in [4.69, 9.17) is 15.4 Å². The van der Waals surface area contributed by atoms with Crippen LogP contribution in [0.4, 0.5) is 10.3 Å². The van der Waals surface area contributed by atoms with Gasteiger partial charge in [-0.25, -0.2) is 14.4 Å². The molecule has 10 heteroatoms. The predicted molar refractivity (Wildman–Crippen MR) is 144 cm³/mol. The normalized spacial score (nSPS) is 14.3. The molecule has 39 heavy (non-hydrogen) atoms. The number of carbonyl (C=O) groups is 1. The molecule has 0 bridgehead atoms. The minimum Gasteiger partial charge on any atom is -0.481 e. The molecule has 0 saturated heterocycles. The number of aryl methyl sites for hydroxylation is 1. The summed E-state index contributed by atoms with van der Waals surface area (Å²) in [6, 6.07) is 6.22. The van der Waals surface area contributed by atoms with Gasteiger partial charge in [0.2, 0.25) is 5.95 Å². The van der Waals surface area contributed by atoms with Gasteiger partial charge in [0.25, 0.3) is 0 Å². The van der Waals surface area contributed by atoms with E-state index in [-0.39, 0.29) is 24.1 Å². The van der Waals surface area contributed by atoms with E-state index in [1.165, 1.54) is 18.2 Å². The van der Waals surface area contributed by atoms with Gasteiger partial charge in [0, 0.05) is 23.7 Å². The van der Waals surface area contributed by atoms with E-state index in [0.29, 0.717) is 12.8 Å². The van der Waals surface area contributed by atoms with Crippen LogP contribution >= 0.6 is 0 Å². The number of hydrogen-bond donors (Lipinski definition) is 4. The molecule has 1 aromatic carbocycles. The van der Waals surface area contributed by atoms with E-state index in [1.807, 2.05) is 20.0 Å². The Kier molecular flexibility index (Phi) is 8.64. The maximum atomic E-state index is 13.9. The molecule has 1 aliphatic carbocycles. The number of nitriles is 1. The second-order valence-electron chi connectivity index (χ2n) is 9.83. The number of rotatable bonds is 9. The number of nitrogens with zero attached hydrogens (tertiary/aromatic N) is 4. The quantitative estimate of drug-likeness (QED) is 0.232. The van der Waals surface area contributed by atoms with Crippen LogP contribution in [0.1, 0.15) is 61.5 Å². The topological polar surface area (TPSA) is 152 Å². The summed E-state index contributed by atoms with van der Waals surface area (Å²) in [6.45, 7) is 4.00. The molecule has 2 heterocycles. The number of carboxylic acid groups (broad SMARTS) is 1. The minimum atomic E-state index is -1.19. The van der Waals surface area contributed by atoms with E-state index in [1.54, 1.807) is 24.4 Å². The van der Waals surface area contributed by atoms with E-state index >= 15 is 0 Å². The molecule has 0 amide bonds. The van der Waals surface area contributed by atoms with Gasteiger partial charge < -0.3 is 15.3 Å². The molecule has 0 saturated carbocycles. The lowest BCUT2D eigenvalue weighted by atomic mass is 9.87. The number of nitrogens with one attached hydrogen (secondary N) is 1. The Bertz CT molecular complexity index is 1430. The Morgan fingerprint density at radius 3 is 2.62 bits per heavy atom. The Hall–Kier alpha value is -4.20. The number of anilines is 1. The first-order valence-corrected chi connectivity index (χ1v) is 12.8. The summed E-state index contributed by atoms with van der Waals surface area (Å²) in [5.74, 6) is -1.31. The molecule has 202 valence electrons. The maximum absolute atomic E-state index is 13.9. The highest BCUT2D eigenvalue weighted by atomic mass is 19.1. The fourth-order valence-electron chi connectivity index (χ4n) is 4.88. The van der Waals surface area contributed by atoms with Crippen molar-refractivity contribution in [1.82, 2.24) is 15.0 Å². The third-order valence-corrected chi connectivity index (χ3v) is 6.58. The van der Waals surface area contributed by atoms with E-state index in [0.717, 1.165) is 51.3 Å². The van der Waals surface area contributed by atoms with Gasteiger partial charge in [0.1, 0.15) is 5.82 Å². The highest BCUT2D eigenvalue weighted by Gasteiger charge is 2.26. The van der Waals surface area contributed by atoms with Gasteiger partial charge in [0.15, 0.2) is 6.19 Å². The summed E-state index contributed by atoms with van der Waals surface area (Å²) in [5, 5.41) is 40.9. The van der Waals surface area contributed by atoms with Crippen LogP contribution < -0.4 is 5.32 Å².